The van der Waals surface area contributed by atoms with Gasteiger partial charge in [0.05, 0.1) is 4.90 Å². The SMILES string of the molecule is C[C@@H]1CCc2sc(C(=O)O[C@@H](C)C(=O)Nc3ccc(S(N)(=O)=O)cc3)cc2C1. The molecule has 0 aliphatic heterocycles. The fraction of sp³-hybridized carbons (Fsp3) is 0.368. The molecule has 0 saturated heterocycles. The third-order valence-corrected chi connectivity index (χ3v) is 6.78. The fourth-order valence-electron chi connectivity index (χ4n) is 3.05. The van der Waals surface area contributed by atoms with Crippen LogP contribution < -0.4 is 10.5 Å². The fourth-order valence-corrected chi connectivity index (χ4v) is 4.66. The van der Waals surface area contributed by atoms with Gasteiger partial charge in [0.1, 0.15) is 4.88 Å². The highest BCUT2D eigenvalue weighted by atomic mass is 32.2. The van der Waals surface area contributed by atoms with E-state index in [4.69, 9.17) is 9.88 Å². The van der Waals surface area contributed by atoms with Gasteiger partial charge in [-0.25, -0.2) is 18.4 Å². The number of amides is 1. The summed E-state index contributed by atoms with van der Waals surface area (Å²) in [7, 11) is -3.80. The summed E-state index contributed by atoms with van der Waals surface area (Å²) < 4.78 is 27.8. The predicted octanol–water partition coefficient (Wildman–Crippen LogP) is 2.70. The number of carbonyl (C=O) groups is 2. The molecule has 7 nitrogen and oxygen atoms in total. The Morgan fingerprint density at radius 3 is 2.61 bits per heavy atom. The Morgan fingerprint density at radius 2 is 1.96 bits per heavy atom. The number of hydrogen-bond acceptors (Lipinski definition) is 6. The Kier molecular flexibility index (Phi) is 5.87. The van der Waals surface area contributed by atoms with E-state index < -0.39 is 28.0 Å². The maximum Gasteiger partial charge on any atom is 0.349 e. The summed E-state index contributed by atoms with van der Waals surface area (Å²) in [6, 6.07) is 7.29. The molecular formula is C19H22N2O5S2. The van der Waals surface area contributed by atoms with E-state index in [1.54, 1.807) is 0 Å². The van der Waals surface area contributed by atoms with Gasteiger partial charge in [-0.3, -0.25) is 4.79 Å². The van der Waals surface area contributed by atoms with Gasteiger partial charge in [0.15, 0.2) is 6.10 Å². The Hall–Kier alpha value is -2.23. The number of ether oxygens (including phenoxy) is 1. The number of carbonyl (C=O) groups excluding carboxylic acids is 2. The second-order valence-corrected chi connectivity index (χ2v) is 9.71. The van der Waals surface area contributed by atoms with Crippen LogP contribution in [0.25, 0.3) is 0 Å². The molecule has 0 unspecified atom stereocenters. The largest absolute Gasteiger partial charge is 0.448 e. The molecule has 3 rings (SSSR count). The van der Waals surface area contributed by atoms with Gasteiger partial charge in [-0.05, 0) is 68.0 Å². The van der Waals surface area contributed by atoms with E-state index in [9.17, 15) is 18.0 Å². The summed E-state index contributed by atoms with van der Waals surface area (Å²) in [5.41, 5.74) is 1.57. The van der Waals surface area contributed by atoms with Gasteiger partial charge < -0.3 is 10.1 Å². The number of benzene rings is 1. The Bertz CT molecular complexity index is 996. The van der Waals surface area contributed by atoms with Crippen molar-refractivity contribution in [1.82, 2.24) is 0 Å². The maximum atomic E-state index is 12.4. The van der Waals surface area contributed by atoms with Gasteiger partial charge in [0.2, 0.25) is 10.0 Å². The molecule has 150 valence electrons. The minimum absolute atomic E-state index is 0.0547. The van der Waals surface area contributed by atoms with E-state index in [1.807, 2.05) is 6.07 Å². The molecule has 0 spiro atoms. The van der Waals surface area contributed by atoms with Crippen LogP contribution in [-0.4, -0.2) is 26.4 Å². The van der Waals surface area contributed by atoms with Crippen LogP contribution in [0.15, 0.2) is 35.2 Å². The van der Waals surface area contributed by atoms with Gasteiger partial charge in [-0.2, -0.15) is 0 Å². The number of nitrogens with one attached hydrogen (secondary N) is 1. The highest BCUT2D eigenvalue weighted by Crippen LogP contribution is 2.32. The lowest BCUT2D eigenvalue weighted by Gasteiger charge is -2.16. The molecule has 0 fully saturated rings. The summed E-state index contributed by atoms with van der Waals surface area (Å²) in [6.07, 6.45) is 2.05. The lowest BCUT2D eigenvalue weighted by Crippen LogP contribution is -2.29. The monoisotopic (exact) mass is 422 g/mol. The van der Waals surface area contributed by atoms with Crippen molar-refractivity contribution < 1.29 is 22.7 Å². The van der Waals surface area contributed by atoms with Gasteiger partial charge in [-0.15, -0.1) is 11.3 Å². The van der Waals surface area contributed by atoms with Gasteiger partial charge in [0, 0.05) is 10.6 Å². The summed E-state index contributed by atoms with van der Waals surface area (Å²) >= 11 is 1.43. The van der Waals surface area contributed by atoms with Gasteiger partial charge in [-0.1, -0.05) is 6.92 Å². The number of esters is 1. The van der Waals surface area contributed by atoms with Crippen LogP contribution in [0, 0.1) is 5.92 Å². The smallest absolute Gasteiger partial charge is 0.349 e. The molecule has 1 amide bonds. The molecule has 0 bridgehead atoms. The van der Waals surface area contributed by atoms with Crippen LogP contribution in [0.4, 0.5) is 5.69 Å². The number of anilines is 1. The van der Waals surface area contributed by atoms with Crippen LogP contribution in [0.3, 0.4) is 0 Å². The second kappa shape index (κ2) is 8.02. The van der Waals surface area contributed by atoms with E-state index in [0.717, 1.165) is 19.3 Å². The molecule has 3 N–H and O–H groups in total. The lowest BCUT2D eigenvalue weighted by atomic mass is 9.90. The zero-order valence-electron chi connectivity index (χ0n) is 15.6. The molecule has 2 atom stereocenters. The first-order valence-corrected chi connectivity index (χ1v) is 11.3. The topological polar surface area (TPSA) is 116 Å². The maximum absolute atomic E-state index is 12.4. The van der Waals surface area contributed by atoms with Crippen molar-refractivity contribution in [3.05, 3.63) is 45.6 Å². The van der Waals surface area contributed by atoms with Crippen LogP contribution in [0.5, 0.6) is 0 Å². The van der Waals surface area contributed by atoms with E-state index in [2.05, 4.69) is 12.2 Å². The highest BCUT2D eigenvalue weighted by molar-refractivity contribution is 7.89. The van der Waals surface area contributed by atoms with Crippen molar-refractivity contribution in [3.63, 3.8) is 0 Å². The first kappa shape index (κ1) is 20.5. The van der Waals surface area contributed by atoms with Crippen molar-refractivity contribution in [2.24, 2.45) is 11.1 Å². The zero-order valence-corrected chi connectivity index (χ0v) is 17.2. The van der Waals surface area contributed by atoms with E-state index >= 15 is 0 Å². The summed E-state index contributed by atoms with van der Waals surface area (Å²) in [5, 5.41) is 7.62. The van der Waals surface area contributed by atoms with E-state index in [1.165, 1.54) is 53.0 Å². The molecule has 2 aromatic rings. The van der Waals surface area contributed by atoms with Gasteiger partial charge in [0.25, 0.3) is 5.91 Å². The number of nitrogens with two attached hydrogens (primary N) is 1. The Morgan fingerprint density at radius 1 is 1.29 bits per heavy atom. The lowest BCUT2D eigenvalue weighted by molar-refractivity contribution is -0.123. The number of aryl methyl sites for hydroxylation is 1. The molecule has 1 aliphatic carbocycles. The average molecular weight is 423 g/mol. The van der Waals surface area contributed by atoms with E-state index in [-0.39, 0.29) is 4.90 Å². The summed E-state index contributed by atoms with van der Waals surface area (Å²) in [5.74, 6) is -0.415. The van der Waals surface area contributed by atoms with Crippen molar-refractivity contribution in [3.8, 4) is 0 Å². The van der Waals surface area contributed by atoms with Gasteiger partial charge >= 0.3 is 5.97 Å². The predicted molar refractivity (Wildman–Crippen MR) is 107 cm³/mol. The van der Waals surface area contributed by atoms with Crippen molar-refractivity contribution in [2.75, 3.05) is 5.32 Å². The highest BCUT2D eigenvalue weighted by Gasteiger charge is 2.24. The van der Waals surface area contributed by atoms with Crippen LogP contribution in [0.1, 0.15) is 40.4 Å². The minimum Gasteiger partial charge on any atom is -0.448 e. The third kappa shape index (κ3) is 4.78. The Balaban J connectivity index is 1.60. The molecule has 28 heavy (non-hydrogen) atoms. The zero-order chi connectivity index (χ0) is 20.5. The molecule has 1 aliphatic rings. The molecular weight excluding hydrogens is 400 g/mol. The Labute approximate surface area is 167 Å². The number of thiophene rings is 1. The normalized spacial score (nSPS) is 17.5. The van der Waals surface area contributed by atoms with Crippen LogP contribution >= 0.6 is 11.3 Å². The first-order chi connectivity index (χ1) is 13.1. The number of rotatable bonds is 5. The average Bonchev–Trinajstić information content (AvgIpc) is 3.04. The number of primary sulfonamides is 1. The van der Waals surface area contributed by atoms with Crippen LogP contribution in [-0.2, 0) is 32.4 Å². The third-order valence-electron chi connectivity index (χ3n) is 4.63. The number of hydrogen-bond donors (Lipinski definition) is 2. The standard InChI is InChI=1S/C19H22N2O5S2/c1-11-3-8-16-13(9-11)10-17(27-16)19(23)26-12(2)18(22)21-14-4-6-15(7-5-14)28(20,24)25/h4-7,10-12H,3,8-9H2,1-2H3,(H,21,22)(H2,20,24,25)/t11-,12+/m1/s1. The summed E-state index contributed by atoms with van der Waals surface area (Å²) in [4.78, 5) is 26.3. The van der Waals surface area contributed by atoms with Crippen molar-refractivity contribution >= 4 is 38.9 Å². The number of fused-ring (bicyclic) bond motifs is 1. The molecule has 9 heteroatoms. The number of sulfonamides is 1. The minimum atomic E-state index is -3.80. The van der Waals surface area contributed by atoms with Crippen molar-refractivity contribution in [2.45, 2.75) is 44.1 Å². The van der Waals surface area contributed by atoms with Crippen molar-refractivity contribution in [1.29, 1.82) is 0 Å². The molecule has 1 aromatic carbocycles. The quantitative estimate of drug-likeness (QED) is 0.719. The van der Waals surface area contributed by atoms with Crippen LogP contribution in [0.2, 0.25) is 0 Å². The second-order valence-electron chi connectivity index (χ2n) is 7.01. The molecule has 1 heterocycles. The molecule has 0 radical (unpaired) electrons. The molecule has 1 aromatic heterocycles. The molecule has 0 saturated carbocycles. The first-order valence-electron chi connectivity index (χ1n) is 8.90. The van der Waals surface area contributed by atoms with E-state index in [0.29, 0.717) is 16.5 Å². The summed E-state index contributed by atoms with van der Waals surface area (Å²) in [6.45, 7) is 3.68.